The largest absolute Gasteiger partial charge is 0.317 e. The van der Waals surface area contributed by atoms with Crippen molar-refractivity contribution in [1.29, 1.82) is 0 Å². The third-order valence-corrected chi connectivity index (χ3v) is 2.29. The van der Waals surface area contributed by atoms with Crippen molar-refractivity contribution in [3.05, 3.63) is 24.3 Å². The molecule has 0 spiro atoms. The Bertz CT molecular complexity index is 235. The van der Waals surface area contributed by atoms with E-state index in [1.165, 1.54) is 0 Å². The van der Waals surface area contributed by atoms with E-state index in [0.717, 1.165) is 12.1 Å². The van der Waals surface area contributed by atoms with Crippen molar-refractivity contribution >= 4 is 0 Å². The van der Waals surface area contributed by atoms with Crippen LogP contribution in [0.1, 0.15) is 31.9 Å². The fraction of sp³-hybridized carbons (Fsp3) is 0.600. The maximum Gasteiger partial charge on any atom is 0.0615 e. The maximum atomic E-state index is 4.28. The standard InChI is InChI=1S/C10H17N3/c1-8(6-9(2)11-3)10-7-12-4-5-13-10/h4-5,7-9,11H,6H2,1-3H3. The molecule has 0 radical (unpaired) electrons. The van der Waals surface area contributed by atoms with E-state index >= 15 is 0 Å². The summed E-state index contributed by atoms with van der Waals surface area (Å²) in [4.78, 5) is 8.33. The Morgan fingerprint density at radius 3 is 2.69 bits per heavy atom. The minimum atomic E-state index is 0.469. The average molecular weight is 179 g/mol. The molecule has 1 N–H and O–H groups in total. The molecule has 0 aliphatic heterocycles. The number of hydrogen-bond acceptors (Lipinski definition) is 3. The predicted molar refractivity (Wildman–Crippen MR) is 53.6 cm³/mol. The van der Waals surface area contributed by atoms with Crippen LogP contribution in [0, 0.1) is 0 Å². The summed E-state index contributed by atoms with van der Waals surface area (Å²) in [6.07, 6.45) is 6.38. The van der Waals surface area contributed by atoms with E-state index in [1.54, 1.807) is 12.4 Å². The lowest BCUT2D eigenvalue weighted by Crippen LogP contribution is -2.23. The summed E-state index contributed by atoms with van der Waals surface area (Å²) in [6.45, 7) is 4.35. The van der Waals surface area contributed by atoms with Gasteiger partial charge in [-0.15, -0.1) is 0 Å². The van der Waals surface area contributed by atoms with Crippen LogP contribution in [-0.4, -0.2) is 23.1 Å². The van der Waals surface area contributed by atoms with Crippen LogP contribution in [0.4, 0.5) is 0 Å². The van der Waals surface area contributed by atoms with E-state index in [2.05, 4.69) is 29.1 Å². The van der Waals surface area contributed by atoms with Crippen LogP contribution in [0.2, 0.25) is 0 Å². The minimum Gasteiger partial charge on any atom is -0.317 e. The number of hydrogen-bond donors (Lipinski definition) is 1. The normalized spacial score (nSPS) is 15.3. The van der Waals surface area contributed by atoms with Gasteiger partial charge in [-0.25, -0.2) is 0 Å². The third kappa shape index (κ3) is 3.11. The fourth-order valence-electron chi connectivity index (χ4n) is 1.33. The van der Waals surface area contributed by atoms with Gasteiger partial charge < -0.3 is 5.32 Å². The topological polar surface area (TPSA) is 37.8 Å². The summed E-state index contributed by atoms with van der Waals surface area (Å²) in [5, 5.41) is 3.22. The van der Waals surface area contributed by atoms with Crippen LogP contribution in [0.5, 0.6) is 0 Å². The van der Waals surface area contributed by atoms with E-state index in [1.807, 2.05) is 13.2 Å². The van der Waals surface area contributed by atoms with Crippen molar-refractivity contribution in [2.75, 3.05) is 7.05 Å². The van der Waals surface area contributed by atoms with Gasteiger partial charge in [0.05, 0.1) is 5.69 Å². The second-order valence-electron chi connectivity index (χ2n) is 3.46. The Kier molecular flexibility index (Phi) is 3.83. The molecular formula is C10H17N3. The van der Waals surface area contributed by atoms with Crippen LogP contribution in [0.3, 0.4) is 0 Å². The molecule has 3 heteroatoms. The van der Waals surface area contributed by atoms with E-state index in [0.29, 0.717) is 12.0 Å². The molecule has 1 aromatic heterocycles. The molecule has 72 valence electrons. The Labute approximate surface area is 79.6 Å². The molecular weight excluding hydrogens is 162 g/mol. The summed E-state index contributed by atoms with van der Waals surface area (Å²) in [6, 6.07) is 0.525. The zero-order valence-corrected chi connectivity index (χ0v) is 8.49. The Hall–Kier alpha value is -0.960. The first-order chi connectivity index (χ1) is 6.24. The first-order valence-electron chi connectivity index (χ1n) is 4.67. The Balaban J connectivity index is 2.53. The number of aromatic nitrogens is 2. The molecule has 0 bridgehead atoms. The zero-order valence-electron chi connectivity index (χ0n) is 8.49. The van der Waals surface area contributed by atoms with Crippen LogP contribution < -0.4 is 5.32 Å². The second-order valence-corrected chi connectivity index (χ2v) is 3.46. The molecule has 2 unspecified atom stereocenters. The predicted octanol–water partition coefficient (Wildman–Crippen LogP) is 1.58. The quantitative estimate of drug-likeness (QED) is 0.762. The smallest absolute Gasteiger partial charge is 0.0615 e. The van der Waals surface area contributed by atoms with Crippen LogP contribution in [0.15, 0.2) is 18.6 Å². The Morgan fingerprint density at radius 2 is 2.15 bits per heavy atom. The highest BCUT2D eigenvalue weighted by Gasteiger charge is 2.09. The van der Waals surface area contributed by atoms with Crippen molar-refractivity contribution in [3.63, 3.8) is 0 Å². The SMILES string of the molecule is CNC(C)CC(C)c1cnccn1. The molecule has 3 nitrogen and oxygen atoms in total. The summed E-state index contributed by atoms with van der Waals surface area (Å²) in [5.74, 6) is 0.469. The lowest BCUT2D eigenvalue weighted by molar-refractivity contribution is 0.509. The summed E-state index contributed by atoms with van der Waals surface area (Å²) >= 11 is 0. The highest BCUT2D eigenvalue weighted by atomic mass is 14.9. The number of rotatable bonds is 4. The van der Waals surface area contributed by atoms with Crippen molar-refractivity contribution in [1.82, 2.24) is 15.3 Å². The summed E-state index contributed by atoms with van der Waals surface area (Å²) in [5.41, 5.74) is 1.07. The highest BCUT2D eigenvalue weighted by molar-refractivity contribution is 5.02. The minimum absolute atomic E-state index is 0.469. The molecule has 0 aliphatic carbocycles. The average Bonchev–Trinajstić information content (AvgIpc) is 2.19. The van der Waals surface area contributed by atoms with Gasteiger partial charge in [-0.3, -0.25) is 9.97 Å². The van der Waals surface area contributed by atoms with Crippen molar-refractivity contribution < 1.29 is 0 Å². The maximum absolute atomic E-state index is 4.28. The van der Waals surface area contributed by atoms with Crippen LogP contribution in [0.25, 0.3) is 0 Å². The zero-order chi connectivity index (χ0) is 9.68. The number of nitrogens with zero attached hydrogens (tertiary/aromatic N) is 2. The molecule has 0 fully saturated rings. The van der Waals surface area contributed by atoms with Crippen molar-refractivity contribution in [2.45, 2.75) is 32.2 Å². The van der Waals surface area contributed by atoms with E-state index < -0.39 is 0 Å². The lowest BCUT2D eigenvalue weighted by atomic mass is 10.00. The Morgan fingerprint density at radius 1 is 1.38 bits per heavy atom. The molecule has 1 rings (SSSR count). The molecule has 0 saturated carbocycles. The van der Waals surface area contributed by atoms with Gasteiger partial charge in [-0.05, 0) is 20.4 Å². The van der Waals surface area contributed by atoms with Crippen molar-refractivity contribution in [2.24, 2.45) is 0 Å². The molecule has 0 amide bonds. The van der Waals surface area contributed by atoms with Crippen LogP contribution >= 0.6 is 0 Å². The first-order valence-corrected chi connectivity index (χ1v) is 4.67. The third-order valence-electron chi connectivity index (χ3n) is 2.29. The molecule has 0 aliphatic rings. The number of nitrogens with one attached hydrogen (secondary N) is 1. The first kappa shape index (κ1) is 10.1. The van der Waals surface area contributed by atoms with Gasteiger partial charge in [-0.2, -0.15) is 0 Å². The van der Waals surface area contributed by atoms with Gasteiger partial charge in [0, 0.05) is 30.6 Å². The molecule has 0 saturated heterocycles. The van der Waals surface area contributed by atoms with Gasteiger partial charge in [0.15, 0.2) is 0 Å². The monoisotopic (exact) mass is 179 g/mol. The molecule has 1 aromatic rings. The molecule has 1 heterocycles. The summed E-state index contributed by atoms with van der Waals surface area (Å²) in [7, 11) is 1.98. The molecule has 0 aromatic carbocycles. The van der Waals surface area contributed by atoms with Gasteiger partial charge in [0.2, 0.25) is 0 Å². The molecule has 13 heavy (non-hydrogen) atoms. The fourth-order valence-corrected chi connectivity index (χ4v) is 1.33. The highest BCUT2D eigenvalue weighted by Crippen LogP contribution is 2.16. The second kappa shape index (κ2) is 4.92. The van der Waals surface area contributed by atoms with Gasteiger partial charge in [-0.1, -0.05) is 6.92 Å². The van der Waals surface area contributed by atoms with Gasteiger partial charge >= 0.3 is 0 Å². The van der Waals surface area contributed by atoms with Crippen LogP contribution in [-0.2, 0) is 0 Å². The van der Waals surface area contributed by atoms with E-state index in [-0.39, 0.29) is 0 Å². The van der Waals surface area contributed by atoms with Crippen molar-refractivity contribution in [3.8, 4) is 0 Å². The van der Waals surface area contributed by atoms with E-state index in [4.69, 9.17) is 0 Å². The lowest BCUT2D eigenvalue weighted by Gasteiger charge is -2.15. The van der Waals surface area contributed by atoms with Gasteiger partial charge in [0.25, 0.3) is 0 Å². The van der Waals surface area contributed by atoms with E-state index in [9.17, 15) is 0 Å². The summed E-state index contributed by atoms with van der Waals surface area (Å²) < 4.78 is 0. The van der Waals surface area contributed by atoms with Gasteiger partial charge in [0.1, 0.15) is 0 Å². The molecule has 2 atom stereocenters.